The molecule has 4 N–H and O–H groups in total. The van der Waals surface area contributed by atoms with Gasteiger partial charge >= 0.3 is 6.09 Å². The Balaban J connectivity index is 2.46. The number of hydrogen-bond acceptors (Lipinski definition) is 5. The highest BCUT2D eigenvalue weighted by Crippen LogP contribution is 2.03. The van der Waals surface area contributed by atoms with Gasteiger partial charge in [0.25, 0.3) is 0 Å². The van der Waals surface area contributed by atoms with Crippen LogP contribution in [0, 0.1) is 0 Å². The summed E-state index contributed by atoms with van der Waals surface area (Å²) in [6.45, 7) is 0.122. The molecule has 20 heavy (non-hydrogen) atoms. The third-order valence-electron chi connectivity index (χ3n) is 2.61. The van der Waals surface area contributed by atoms with Crippen LogP contribution in [-0.4, -0.2) is 44.6 Å². The van der Waals surface area contributed by atoms with Crippen LogP contribution in [0.3, 0.4) is 0 Å². The molecule has 0 aliphatic carbocycles. The molecule has 1 atom stereocenters. The van der Waals surface area contributed by atoms with E-state index in [1.165, 1.54) is 0 Å². The summed E-state index contributed by atoms with van der Waals surface area (Å²) in [4.78, 5) is 10.4. The third-order valence-corrected chi connectivity index (χ3v) is 3.44. The first-order valence-electron chi connectivity index (χ1n) is 6.10. The topological polar surface area (TPSA) is 116 Å². The monoisotopic (exact) mass is 301 g/mol. The lowest BCUT2D eigenvalue weighted by Crippen LogP contribution is -2.40. The number of rotatable bonds is 8. The van der Waals surface area contributed by atoms with Gasteiger partial charge in [-0.15, -0.1) is 0 Å². The number of thiol groups is 1. The van der Waals surface area contributed by atoms with Crippen LogP contribution in [-0.2, 0) is 22.0 Å². The fourth-order valence-corrected chi connectivity index (χ4v) is 2.33. The minimum Gasteiger partial charge on any atom is -0.448 e. The van der Waals surface area contributed by atoms with Crippen LogP contribution in [0.1, 0.15) is 5.56 Å². The van der Waals surface area contributed by atoms with Gasteiger partial charge in [-0.3, -0.25) is 0 Å². The minimum atomic E-state index is -2.78. The van der Waals surface area contributed by atoms with Gasteiger partial charge in [-0.05, 0) is 12.0 Å². The van der Waals surface area contributed by atoms with Gasteiger partial charge in [-0.2, -0.15) is 4.31 Å². The summed E-state index contributed by atoms with van der Waals surface area (Å²) >= 11 is 0. The van der Waals surface area contributed by atoms with Crippen molar-refractivity contribution in [2.45, 2.75) is 12.5 Å². The predicted molar refractivity (Wildman–Crippen MR) is 75.5 cm³/mol. The first-order valence-corrected chi connectivity index (χ1v) is 7.23. The van der Waals surface area contributed by atoms with Crippen LogP contribution in [0.15, 0.2) is 30.3 Å². The Hall–Kier alpha value is -1.64. The van der Waals surface area contributed by atoms with Gasteiger partial charge in [0.2, 0.25) is 10.9 Å². The lowest BCUT2D eigenvalue weighted by molar-refractivity contribution is 0.149. The molecular weight excluding hydrogens is 282 g/mol. The Morgan fingerprint density at radius 3 is 2.50 bits per heavy atom. The third kappa shape index (κ3) is 6.50. The molecule has 0 bridgehead atoms. The number of hydrogen-bond donors (Lipinski definition) is 3. The van der Waals surface area contributed by atoms with E-state index in [0.29, 0.717) is 6.42 Å². The number of nitrogens with zero attached hydrogens (tertiary/aromatic N) is 1. The van der Waals surface area contributed by atoms with E-state index >= 15 is 0 Å². The van der Waals surface area contributed by atoms with E-state index in [1.807, 2.05) is 30.3 Å². The van der Waals surface area contributed by atoms with E-state index in [2.05, 4.69) is 4.74 Å². The number of benzene rings is 1. The zero-order chi connectivity index (χ0) is 15.0. The van der Waals surface area contributed by atoms with Crippen molar-refractivity contribution in [3.63, 3.8) is 0 Å². The van der Waals surface area contributed by atoms with E-state index in [-0.39, 0.29) is 25.7 Å². The summed E-state index contributed by atoms with van der Waals surface area (Å²) in [7, 11) is -2.78. The van der Waals surface area contributed by atoms with Crippen LogP contribution in [0.2, 0.25) is 0 Å². The molecule has 1 aromatic carbocycles. The molecule has 0 aliphatic rings. The zero-order valence-electron chi connectivity index (χ0n) is 11.0. The van der Waals surface area contributed by atoms with Crippen LogP contribution in [0.4, 0.5) is 4.79 Å². The second kappa shape index (κ2) is 8.51. The van der Waals surface area contributed by atoms with E-state index in [9.17, 15) is 13.2 Å². The summed E-state index contributed by atoms with van der Waals surface area (Å²) in [5.74, 6) is 0. The number of nitrogens with two attached hydrogens (primary N) is 2. The molecule has 1 aromatic rings. The number of ether oxygens (including phenoxy) is 1. The SMILES string of the molecule is NC(=O)OCCN(CC(N)Cc1ccccc1)[SH](=O)=O. The van der Waals surface area contributed by atoms with Gasteiger partial charge in [0.1, 0.15) is 6.61 Å². The smallest absolute Gasteiger partial charge is 0.404 e. The molecule has 0 saturated carbocycles. The van der Waals surface area contributed by atoms with Crippen molar-refractivity contribution in [1.82, 2.24) is 4.31 Å². The highest BCUT2D eigenvalue weighted by Gasteiger charge is 2.13. The van der Waals surface area contributed by atoms with Crippen molar-refractivity contribution >= 4 is 17.0 Å². The molecule has 8 heteroatoms. The van der Waals surface area contributed by atoms with Crippen LogP contribution in [0.5, 0.6) is 0 Å². The predicted octanol–water partition coefficient (Wildman–Crippen LogP) is -0.520. The van der Waals surface area contributed by atoms with Crippen LogP contribution >= 0.6 is 0 Å². The Bertz CT molecular complexity index is 485. The number of carbonyl (C=O) groups is 1. The molecule has 0 fully saturated rings. The molecule has 1 amide bonds. The van der Waals surface area contributed by atoms with Crippen molar-refractivity contribution in [2.75, 3.05) is 19.7 Å². The van der Waals surface area contributed by atoms with Crippen molar-refractivity contribution in [3.8, 4) is 0 Å². The summed E-state index contributed by atoms with van der Waals surface area (Å²) < 4.78 is 27.9. The Kier molecular flexibility index (Phi) is 6.99. The number of amides is 1. The Morgan fingerprint density at radius 1 is 1.30 bits per heavy atom. The zero-order valence-corrected chi connectivity index (χ0v) is 11.9. The Morgan fingerprint density at radius 2 is 1.95 bits per heavy atom. The molecule has 0 aromatic heterocycles. The van der Waals surface area contributed by atoms with Gasteiger partial charge in [-0.25, -0.2) is 13.2 Å². The van der Waals surface area contributed by atoms with Crippen molar-refractivity contribution < 1.29 is 17.9 Å². The van der Waals surface area contributed by atoms with E-state index in [4.69, 9.17) is 11.5 Å². The maximum absolute atomic E-state index is 11.1. The van der Waals surface area contributed by atoms with Gasteiger partial charge in [0.15, 0.2) is 0 Å². The normalized spacial score (nSPS) is 12.6. The first kappa shape index (κ1) is 16.4. The minimum absolute atomic E-state index is 0.0458. The molecular formula is C12H19N3O4S. The van der Waals surface area contributed by atoms with Gasteiger partial charge in [0, 0.05) is 19.1 Å². The average Bonchev–Trinajstić information content (AvgIpc) is 2.38. The highest BCUT2D eigenvalue weighted by molar-refractivity contribution is 7.69. The van der Waals surface area contributed by atoms with Crippen LogP contribution < -0.4 is 11.5 Å². The summed E-state index contributed by atoms with van der Waals surface area (Å²) in [6.07, 6.45) is -0.364. The maximum Gasteiger partial charge on any atom is 0.404 e. The van der Waals surface area contributed by atoms with Crippen LogP contribution in [0.25, 0.3) is 0 Å². The highest BCUT2D eigenvalue weighted by atomic mass is 32.2. The molecule has 0 radical (unpaired) electrons. The largest absolute Gasteiger partial charge is 0.448 e. The molecule has 0 heterocycles. The summed E-state index contributed by atoms with van der Waals surface area (Å²) in [5.41, 5.74) is 11.8. The quantitative estimate of drug-likeness (QED) is 0.559. The molecule has 0 saturated heterocycles. The standard InChI is InChI=1S/C12H19N3O4S/c13-11(8-10-4-2-1-3-5-10)9-15(20(17)18)6-7-19-12(14)16/h1-5,11,20H,6-9,13H2,(H2,14,16). The molecule has 0 spiro atoms. The molecule has 112 valence electrons. The van der Waals surface area contributed by atoms with E-state index in [1.54, 1.807) is 0 Å². The van der Waals surface area contributed by atoms with Crippen molar-refractivity contribution in [2.24, 2.45) is 11.5 Å². The first-order chi connectivity index (χ1) is 9.49. The fraction of sp³-hybridized carbons (Fsp3) is 0.417. The summed E-state index contributed by atoms with van der Waals surface area (Å²) in [5, 5.41) is 0. The number of primary amides is 1. The van der Waals surface area contributed by atoms with E-state index < -0.39 is 17.0 Å². The molecule has 7 nitrogen and oxygen atoms in total. The fourth-order valence-electron chi connectivity index (χ4n) is 1.74. The van der Waals surface area contributed by atoms with Gasteiger partial charge < -0.3 is 16.2 Å². The van der Waals surface area contributed by atoms with E-state index in [0.717, 1.165) is 9.87 Å². The van der Waals surface area contributed by atoms with Crippen molar-refractivity contribution in [1.29, 1.82) is 0 Å². The number of carbonyl (C=O) groups excluding carboxylic acids is 1. The van der Waals surface area contributed by atoms with Gasteiger partial charge in [0.05, 0.1) is 0 Å². The summed E-state index contributed by atoms with van der Waals surface area (Å²) in [6, 6.07) is 9.22. The lowest BCUT2D eigenvalue weighted by Gasteiger charge is -2.19. The maximum atomic E-state index is 11.1. The molecule has 1 unspecified atom stereocenters. The average molecular weight is 301 g/mol. The Labute approximate surface area is 119 Å². The molecule has 1 rings (SSSR count). The van der Waals surface area contributed by atoms with Gasteiger partial charge in [-0.1, -0.05) is 30.3 Å². The lowest BCUT2D eigenvalue weighted by atomic mass is 10.1. The second-order valence-electron chi connectivity index (χ2n) is 4.27. The second-order valence-corrected chi connectivity index (χ2v) is 5.31. The van der Waals surface area contributed by atoms with Crippen molar-refractivity contribution in [3.05, 3.63) is 35.9 Å². The molecule has 0 aliphatic heterocycles.